The largest absolute Gasteiger partial charge is 0.485 e. The Hall–Kier alpha value is -3.31. The lowest BCUT2D eigenvalue weighted by atomic mass is 9.95. The molecule has 0 fully saturated rings. The zero-order valence-corrected chi connectivity index (χ0v) is 15.6. The van der Waals surface area contributed by atoms with Crippen molar-refractivity contribution in [2.24, 2.45) is 0 Å². The molecule has 0 aliphatic carbocycles. The maximum atomic E-state index is 12.8. The Labute approximate surface area is 162 Å². The lowest BCUT2D eigenvalue weighted by Crippen LogP contribution is -2.44. The molecule has 0 saturated carbocycles. The first kappa shape index (κ1) is 16.8. The lowest BCUT2D eigenvalue weighted by molar-refractivity contribution is 0.0838. The molecule has 3 aliphatic heterocycles. The van der Waals surface area contributed by atoms with Gasteiger partial charge >= 0.3 is 0 Å². The molecule has 3 atom stereocenters. The number of hydrogen-bond acceptors (Lipinski definition) is 6. The third-order valence-corrected chi connectivity index (χ3v) is 5.51. The number of fused-ring (bicyclic) bond motifs is 2. The molecule has 1 amide bonds. The molecular formula is C20H20N6O2. The zero-order valence-electron chi connectivity index (χ0n) is 15.6. The van der Waals surface area contributed by atoms with Crippen LogP contribution >= 0.6 is 0 Å². The minimum atomic E-state index is -0.573. The number of nitrogens with zero attached hydrogens (tertiary/aromatic N) is 3. The SMILES string of the molecule is C[C@H]1NC2C=Cn3ncc(c3N2)C(=O)NCC2(C)Cc3cc(C#N)cc1c3O2. The minimum absolute atomic E-state index is 0.0751. The van der Waals surface area contributed by atoms with Crippen molar-refractivity contribution in [3.05, 3.63) is 46.7 Å². The lowest BCUT2D eigenvalue weighted by Gasteiger charge is -2.27. The molecule has 8 nitrogen and oxygen atoms in total. The fourth-order valence-corrected chi connectivity index (χ4v) is 4.11. The molecule has 0 radical (unpaired) electrons. The summed E-state index contributed by atoms with van der Waals surface area (Å²) in [6.45, 7) is 4.38. The predicted molar refractivity (Wildman–Crippen MR) is 103 cm³/mol. The number of carbonyl (C=O) groups is 1. The summed E-state index contributed by atoms with van der Waals surface area (Å²) in [5.74, 6) is 1.25. The molecule has 142 valence electrons. The molecule has 2 aromatic rings. The molecule has 0 saturated heterocycles. The van der Waals surface area contributed by atoms with Gasteiger partial charge in [0, 0.05) is 24.2 Å². The third kappa shape index (κ3) is 2.55. The van der Waals surface area contributed by atoms with Gasteiger partial charge in [-0.15, -0.1) is 0 Å². The Morgan fingerprint density at radius 2 is 2.29 bits per heavy atom. The summed E-state index contributed by atoms with van der Waals surface area (Å²) >= 11 is 0. The van der Waals surface area contributed by atoms with Crippen LogP contribution in [0.3, 0.4) is 0 Å². The topological polar surface area (TPSA) is 104 Å². The summed E-state index contributed by atoms with van der Waals surface area (Å²) in [7, 11) is 0. The fraction of sp³-hybridized carbons (Fsp3) is 0.350. The van der Waals surface area contributed by atoms with E-state index in [1.165, 1.54) is 0 Å². The van der Waals surface area contributed by atoms with Crippen LogP contribution in [0.2, 0.25) is 0 Å². The van der Waals surface area contributed by atoms with E-state index in [1.54, 1.807) is 10.9 Å². The first-order valence-corrected chi connectivity index (χ1v) is 9.28. The van der Waals surface area contributed by atoms with E-state index in [0.29, 0.717) is 29.9 Å². The van der Waals surface area contributed by atoms with Crippen LogP contribution in [0.25, 0.3) is 6.20 Å². The third-order valence-electron chi connectivity index (χ3n) is 5.51. The molecule has 28 heavy (non-hydrogen) atoms. The van der Waals surface area contributed by atoms with Gasteiger partial charge in [-0.3, -0.25) is 10.1 Å². The van der Waals surface area contributed by atoms with Crippen molar-refractivity contribution in [1.82, 2.24) is 20.4 Å². The molecule has 1 aromatic heterocycles. The molecule has 5 rings (SSSR count). The second-order valence-corrected chi connectivity index (χ2v) is 7.78. The van der Waals surface area contributed by atoms with Gasteiger partial charge in [-0.2, -0.15) is 10.4 Å². The van der Waals surface area contributed by atoms with Gasteiger partial charge in [0.05, 0.1) is 30.5 Å². The normalized spacial score (nSPS) is 27.4. The van der Waals surface area contributed by atoms with Gasteiger partial charge in [0.25, 0.3) is 5.91 Å². The number of aromatic nitrogens is 2. The van der Waals surface area contributed by atoms with Gasteiger partial charge in [-0.05, 0) is 37.6 Å². The van der Waals surface area contributed by atoms with E-state index in [0.717, 1.165) is 16.9 Å². The average Bonchev–Trinajstić information content (AvgIpc) is 3.24. The summed E-state index contributed by atoms with van der Waals surface area (Å²) in [6, 6.07) is 5.93. The zero-order chi connectivity index (χ0) is 19.5. The Bertz CT molecular complexity index is 1070. The van der Waals surface area contributed by atoms with Gasteiger partial charge in [0.15, 0.2) is 0 Å². The molecule has 1 aromatic carbocycles. The highest BCUT2D eigenvalue weighted by Gasteiger charge is 2.38. The van der Waals surface area contributed by atoms with Crippen LogP contribution in [0.1, 0.15) is 46.9 Å². The Morgan fingerprint density at radius 1 is 1.43 bits per heavy atom. The molecule has 2 unspecified atom stereocenters. The number of anilines is 1. The summed E-state index contributed by atoms with van der Waals surface area (Å²) < 4.78 is 7.99. The van der Waals surface area contributed by atoms with Crippen LogP contribution in [-0.4, -0.2) is 34.0 Å². The van der Waals surface area contributed by atoms with Crippen molar-refractivity contribution >= 4 is 17.9 Å². The number of nitrogens with one attached hydrogen (secondary N) is 3. The summed E-state index contributed by atoms with van der Waals surface area (Å²) in [4.78, 5) is 12.8. The molecule has 0 spiro atoms. The average molecular weight is 376 g/mol. The Balaban J connectivity index is 1.61. The van der Waals surface area contributed by atoms with Crippen molar-refractivity contribution < 1.29 is 9.53 Å². The number of rotatable bonds is 0. The van der Waals surface area contributed by atoms with Crippen LogP contribution in [0.5, 0.6) is 5.75 Å². The number of benzene rings is 1. The minimum Gasteiger partial charge on any atom is -0.485 e. The van der Waals surface area contributed by atoms with Crippen LogP contribution < -0.4 is 20.7 Å². The van der Waals surface area contributed by atoms with Gasteiger partial charge in [0.2, 0.25) is 0 Å². The highest BCUT2D eigenvalue weighted by Crippen LogP contribution is 2.41. The van der Waals surface area contributed by atoms with E-state index in [9.17, 15) is 10.1 Å². The van der Waals surface area contributed by atoms with Crippen LogP contribution in [0.4, 0.5) is 5.82 Å². The van der Waals surface area contributed by atoms with Crippen molar-refractivity contribution in [1.29, 1.82) is 5.26 Å². The number of ether oxygens (including phenoxy) is 1. The number of hydrogen-bond donors (Lipinski definition) is 3. The highest BCUT2D eigenvalue weighted by atomic mass is 16.5. The molecular weight excluding hydrogens is 356 g/mol. The van der Waals surface area contributed by atoms with E-state index >= 15 is 0 Å². The van der Waals surface area contributed by atoms with E-state index in [-0.39, 0.29) is 18.1 Å². The summed E-state index contributed by atoms with van der Waals surface area (Å²) in [5, 5.41) is 23.5. The molecule has 3 N–H and O–H groups in total. The van der Waals surface area contributed by atoms with Gasteiger partial charge in [0.1, 0.15) is 22.7 Å². The standard InChI is InChI=1S/C20H20N6O2/c1-11-14-6-12(8-21)5-13-7-20(2,28-17(13)14)10-22-19(27)15-9-23-26-4-3-16(24-11)25-18(15)26/h3-6,9,11,16,24-25H,7,10H2,1-2H3,(H,22,27)/t11-,16?,20?/m1/s1. The fourth-order valence-electron chi connectivity index (χ4n) is 4.11. The van der Waals surface area contributed by atoms with Crippen LogP contribution in [0.15, 0.2) is 24.4 Å². The number of amides is 1. The molecule has 8 heteroatoms. The van der Waals surface area contributed by atoms with Crippen molar-refractivity contribution in [2.45, 2.75) is 38.1 Å². The Kier molecular flexibility index (Phi) is 3.51. The quantitative estimate of drug-likeness (QED) is 0.647. The second kappa shape index (κ2) is 5.84. The van der Waals surface area contributed by atoms with Crippen molar-refractivity contribution in [3.8, 4) is 11.8 Å². The molecule has 4 bridgehead atoms. The summed E-state index contributed by atoms with van der Waals surface area (Å²) in [5.41, 5.74) is 2.47. The smallest absolute Gasteiger partial charge is 0.256 e. The molecule has 3 aliphatic rings. The number of nitriles is 1. The first-order chi connectivity index (χ1) is 13.5. The van der Waals surface area contributed by atoms with Crippen molar-refractivity contribution in [3.63, 3.8) is 0 Å². The predicted octanol–water partition coefficient (Wildman–Crippen LogP) is 1.76. The molecule has 4 heterocycles. The monoisotopic (exact) mass is 376 g/mol. The maximum Gasteiger partial charge on any atom is 0.256 e. The number of carbonyl (C=O) groups excluding carboxylic acids is 1. The summed E-state index contributed by atoms with van der Waals surface area (Å²) in [6.07, 6.45) is 5.78. The van der Waals surface area contributed by atoms with Gasteiger partial charge in [-0.25, -0.2) is 4.68 Å². The van der Waals surface area contributed by atoms with Crippen molar-refractivity contribution in [2.75, 3.05) is 11.9 Å². The first-order valence-electron chi connectivity index (χ1n) is 9.28. The van der Waals surface area contributed by atoms with E-state index in [4.69, 9.17) is 4.74 Å². The van der Waals surface area contributed by atoms with E-state index < -0.39 is 5.60 Å². The van der Waals surface area contributed by atoms with E-state index in [2.05, 4.69) is 27.1 Å². The van der Waals surface area contributed by atoms with Gasteiger partial charge < -0.3 is 15.4 Å². The van der Waals surface area contributed by atoms with Gasteiger partial charge in [-0.1, -0.05) is 0 Å². The van der Waals surface area contributed by atoms with Crippen LogP contribution in [-0.2, 0) is 6.42 Å². The Morgan fingerprint density at radius 3 is 3.11 bits per heavy atom. The maximum absolute atomic E-state index is 12.8. The van der Waals surface area contributed by atoms with Crippen LogP contribution in [0, 0.1) is 11.3 Å². The highest BCUT2D eigenvalue weighted by molar-refractivity contribution is 5.99. The second-order valence-electron chi connectivity index (χ2n) is 7.78. The van der Waals surface area contributed by atoms with E-state index in [1.807, 2.05) is 38.3 Å².